The van der Waals surface area contributed by atoms with Crippen LogP contribution in [0.15, 0.2) is 12.1 Å². The van der Waals surface area contributed by atoms with Gasteiger partial charge < -0.3 is 33.2 Å². The Bertz CT molecular complexity index is 949. The summed E-state index contributed by atoms with van der Waals surface area (Å²) in [5.74, 6) is 4.45. The molecule has 29 heavy (non-hydrogen) atoms. The minimum atomic E-state index is -0.0952. The van der Waals surface area contributed by atoms with Crippen LogP contribution in [0, 0.1) is 11.8 Å². The lowest BCUT2D eigenvalue weighted by Gasteiger charge is -2.26. The lowest BCUT2D eigenvalue weighted by molar-refractivity contribution is 0.0312. The molecule has 2 aromatic rings. The van der Waals surface area contributed by atoms with Crippen molar-refractivity contribution in [2.24, 2.45) is 11.8 Å². The van der Waals surface area contributed by atoms with Gasteiger partial charge in [-0.2, -0.15) is 0 Å². The molecule has 0 aromatic heterocycles. The average molecular weight is 398 g/mol. The Hall–Kier alpha value is -2.80. The van der Waals surface area contributed by atoms with E-state index in [9.17, 15) is 0 Å². The summed E-state index contributed by atoms with van der Waals surface area (Å²) >= 11 is 0. The summed E-state index contributed by atoms with van der Waals surface area (Å²) in [5.41, 5.74) is 3.86. The van der Waals surface area contributed by atoms with E-state index in [4.69, 9.17) is 33.2 Å². The molecule has 0 amide bonds. The average Bonchev–Trinajstić information content (AvgIpc) is 3.43. The first kappa shape index (κ1) is 17.1. The third-order valence-electron chi connectivity index (χ3n) is 6.65. The van der Waals surface area contributed by atoms with Crippen LogP contribution >= 0.6 is 0 Å². The van der Waals surface area contributed by atoms with Gasteiger partial charge in [0.05, 0.1) is 26.4 Å². The van der Waals surface area contributed by atoms with Crippen molar-refractivity contribution in [1.29, 1.82) is 0 Å². The second-order valence-electron chi connectivity index (χ2n) is 7.91. The zero-order valence-electron chi connectivity index (χ0n) is 16.7. The van der Waals surface area contributed by atoms with Crippen LogP contribution in [-0.4, -0.2) is 27.8 Å². The molecule has 0 radical (unpaired) electrons. The topological polar surface area (TPSA) is 64.6 Å². The monoisotopic (exact) mass is 398 g/mol. The number of fused-ring (bicyclic) bond motifs is 9. The van der Waals surface area contributed by atoms with Gasteiger partial charge in [0.2, 0.25) is 25.1 Å². The van der Waals surface area contributed by atoms with Gasteiger partial charge in [-0.25, -0.2) is 0 Å². The van der Waals surface area contributed by atoms with Gasteiger partial charge in [0.25, 0.3) is 0 Å². The van der Waals surface area contributed by atoms with Gasteiger partial charge in [0.1, 0.15) is 0 Å². The van der Waals surface area contributed by atoms with E-state index in [0.717, 1.165) is 22.3 Å². The molecule has 4 aliphatic heterocycles. The Morgan fingerprint density at radius 2 is 1.17 bits per heavy atom. The molecule has 1 saturated heterocycles. The van der Waals surface area contributed by atoms with Crippen LogP contribution in [0.1, 0.15) is 37.2 Å². The van der Waals surface area contributed by atoms with E-state index < -0.39 is 0 Å². The van der Waals surface area contributed by atoms with Gasteiger partial charge in [0.15, 0.2) is 23.0 Å². The van der Waals surface area contributed by atoms with E-state index in [-0.39, 0.29) is 25.8 Å². The summed E-state index contributed by atoms with van der Waals surface area (Å²) in [5, 5.41) is 0. The Morgan fingerprint density at radius 3 is 1.59 bits per heavy atom. The molecule has 0 N–H and O–H groups in total. The Kier molecular flexibility index (Phi) is 3.45. The van der Waals surface area contributed by atoms with Gasteiger partial charge in [-0.3, -0.25) is 0 Å². The van der Waals surface area contributed by atoms with Crippen LogP contribution in [0.2, 0.25) is 0 Å². The van der Waals surface area contributed by atoms with E-state index in [0.29, 0.717) is 46.3 Å². The van der Waals surface area contributed by atoms with Crippen molar-refractivity contribution < 1.29 is 33.2 Å². The molecule has 0 saturated carbocycles. The van der Waals surface area contributed by atoms with Crippen molar-refractivity contribution in [1.82, 2.24) is 0 Å². The van der Waals surface area contributed by atoms with Crippen LogP contribution in [0.5, 0.6) is 34.5 Å². The van der Waals surface area contributed by atoms with Crippen LogP contribution in [-0.2, 0) is 4.74 Å². The quantitative estimate of drug-likeness (QED) is 0.750. The predicted octanol–water partition coefficient (Wildman–Crippen LogP) is 4.23. The van der Waals surface area contributed by atoms with Crippen LogP contribution in [0.4, 0.5) is 0 Å². The number of methoxy groups -OCH3 is 2. The number of rotatable bonds is 2. The first-order chi connectivity index (χ1) is 14.1. The normalized spacial score (nSPS) is 27.3. The zero-order chi connectivity index (χ0) is 19.9. The van der Waals surface area contributed by atoms with Gasteiger partial charge >= 0.3 is 0 Å². The van der Waals surface area contributed by atoms with E-state index >= 15 is 0 Å². The molecule has 152 valence electrons. The van der Waals surface area contributed by atoms with E-state index in [1.165, 1.54) is 0 Å². The first-order valence-corrected chi connectivity index (χ1v) is 9.80. The van der Waals surface area contributed by atoms with Crippen LogP contribution in [0.25, 0.3) is 11.1 Å². The molecular formula is C22H22O7. The minimum Gasteiger partial charge on any atom is -0.492 e. The molecule has 1 fully saturated rings. The maximum absolute atomic E-state index is 6.61. The van der Waals surface area contributed by atoms with Crippen molar-refractivity contribution in [2.75, 3.05) is 27.8 Å². The Labute approximate surface area is 168 Å². The van der Waals surface area contributed by atoms with Crippen molar-refractivity contribution in [2.45, 2.75) is 26.1 Å². The highest BCUT2D eigenvalue weighted by Gasteiger charge is 2.48. The third-order valence-corrected chi connectivity index (χ3v) is 6.65. The molecule has 0 aliphatic carbocycles. The maximum Gasteiger partial charge on any atom is 0.231 e. The summed E-state index contributed by atoms with van der Waals surface area (Å²) in [6.45, 7) is 4.79. The highest BCUT2D eigenvalue weighted by Crippen LogP contribution is 2.64. The Balaban J connectivity index is 1.76. The zero-order valence-corrected chi connectivity index (χ0v) is 16.7. The summed E-state index contributed by atoms with van der Waals surface area (Å²) in [6, 6.07) is 4.05. The summed E-state index contributed by atoms with van der Waals surface area (Å²) in [6.07, 6.45) is -0.190. The number of hydrogen-bond acceptors (Lipinski definition) is 7. The second kappa shape index (κ2) is 5.86. The molecule has 4 heterocycles. The molecule has 2 aromatic carbocycles. The molecule has 0 spiro atoms. The predicted molar refractivity (Wildman–Crippen MR) is 102 cm³/mol. The largest absolute Gasteiger partial charge is 0.492 e. The van der Waals surface area contributed by atoms with E-state index in [2.05, 4.69) is 13.8 Å². The first-order valence-electron chi connectivity index (χ1n) is 9.80. The summed E-state index contributed by atoms with van der Waals surface area (Å²) < 4.78 is 41.3. The standard InChI is InChI=1S/C22H22O7/c1-9-10(2)18-12-6-14-20(28-8-26-14)22(24-4)16(12)15-11(17(9)29-18)5-13-19(21(15)23-3)27-7-25-13/h5-6,9-10,17-18H,7-8H2,1-4H3/t9-,10+,17+,18-. The molecular weight excluding hydrogens is 376 g/mol. The van der Waals surface area contributed by atoms with E-state index in [1.807, 2.05) is 12.1 Å². The summed E-state index contributed by atoms with van der Waals surface area (Å²) in [7, 11) is 3.29. The van der Waals surface area contributed by atoms with Crippen LogP contribution in [0.3, 0.4) is 0 Å². The van der Waals surface area contributed by atoms with Crippen molar-refractivity contribution in [3.63, 3.8) is 0 Å². The highest BCUT2D eigenvalue weighted by molar-refractivity contribution is 5.89. The molecule has 0 unspecified atom stereocenters. The SMILES string of the molecule is COc1c2c(cc3c1-c1c(cc4c(c1OC)OCO4)[C@@H]1O[C@H]3[C@H](C)[C@@H]1C)OCO2. The lowest BCUT2D eigenvalue weighted by Crippen LogP contribution is -2.14. The van der Waals surface area contributed by atoms with Crippen molar-refractivity contribution >= 4 is 0 Å². The fourth-order valence-electron chi connectivity index (χ4n) is 5.09. The molecule has 4 aliphatic rings. The number of hydrogen-bond donors (Lipinski definition) is 0. The molecule has 7 nitrogen and oxygen atoms in total. The van der Waals surface area contributed by atoms with Gasteiger partial charge in [-0.15, -0.1) is 0 Å². The van der Waals surface area contributed by atoms with E-state index in [1.54, 1.807) is 14.2 Å². The lowest BCUT2D eigenvalue weighted by atomic mass is 9.77. The molecule has 4 atom stereocenters. The fourth-order valence-corrected chi connectivity index (χ4v) is 5.09. The highest BCUT2D eigenvalue weighted by atomic mass is 16.7. The fraction of sp³-hybridized carbons (Fsp3) is 0.455. The van der Waals surface area contributed by atoms with Gasteiger partial charge in [-0.05, 0) is 35.1 Å². The molecule has 7 heteroatoms. The van der Waals surface area contributed by atoms with Crippen molar-refractivity contribution in [3.8, 4) is 45.6 Å². The minimum absolute atomic E-state index is 0.0952. The molecule has 6 rings (SSSR count). The Morgan fingerprint density at radius 1 is 0.724 bits per heavy atom. The maximum atomic E-state index is 6.61. The smallest absolute Gasteiger partial charge is 0.231 e. The number of benzene rings is 2. The molecule has 2 bridgehead atoms. The van der Waals surface area contributed by atoms with Crippen LogP contribution < -0.4 is 28.4 Å². The third kappa shape index (κ3) is 2.06. The van der Waals surface area contributed by atoms with Gasteiger partial charge in [0, 0.05) is 11.1 Å². The van der Waals surface area contributed by atoms with Crippen molar-refractivity contribution in [3.05, 3.63) is 23.3 Å². The van der Waals surface area contributed by atoms with Gasteiger partial charge in [-0.1, -0.05) is 13.8 Å². The second-order valence-corrected chi connectivity index (χ2v) is 7.91. The number of ether oxygens (including phenoxy) is 7. The summed E-state index contributed by atoms with van der Waals surface area (Å²) in [4.78, 5) is 0.